The molecule has 0 heterocycles. The van der Waals surface area contributed by atoms with Crippen molar-refractivity contribution in [2.45, 2.75) is 86.9 Å². The number of hydrogen-bond donors (Lipinski definition) is 1. The van der Waals surface area contributed by atoms with Crippen molar-refractivity contribution in [3.63, 3.8) is 0 Å². The maximum absolute atomic E-state index is 13.3. The van der Waals surface area contributed by atoms with Crippen LogP contribution in [0.5, 0.6) is 0 Å². The molecule has 0 rings (SSSR count). The number of amides is 2. The van der Waals surface area contributed by atoms with E-state index in [-0.39, 0.29) is 24.5 Å². The Labute approximate surface area is 176 Å². The first-order valence-electron chi connectivity index (χ1n) is 10.1. The van der Waals surface area contributed by atoms with Crippen LogP contribution in [0.3, 0.4) is 0 Å². The Balaban J connectivity index is 5.71. The summed E-state index contributed by atoms with van der Waals surface area (Å²) in [6, 6.07) is -1.13. The highest BCUT2D eigenvalue weighted by molar-refractivity contribution is 5.89. The van der Waals surface area contributed by atoms with Gasteiger partial charge in [0.05, 0.1) is 12.6 Å². The molecule has 0 radical (unpaired) electrons. The van der Waals surface area contributed by atoms with Crippen LogP contribution in [0.15, 0.2) is 11.6 Å². The molecular weight excluding hydrogens is 372 g/mol. The number of alkyl carbamates (subject to hydrolysis) is 1. The largest absolute Gasteiger partial charge is 0.463 e. The van der Waals surface area contributed by atoms with Crippen molar-refractivity contribution in [2.24, 2.45) is 11.3 Å². The van der Waals surface area contributed by atoms with Gasteiger partial charge in [0.15, 0.2) is 0 Å². The lowest BCUT2D eigenvalue weighted by Gasteiger charge is -2.37. The lowest BCUT2D eigenvalue weighted by molar-refractivity contribution is -0.139. The lowest BCUT2D eigenvalue weighted by Crippen LogP contribution is -2.56. The average Bonchev–Trinajstić information content (AvgIpc) is 2.53. The van der Waals surface area contributed by atoms with Crippen molar-refractivity contribution in [1.82, 2.24) is 10.2 Å². The van der Waals surface area contributed by atoms with Gasteiger partial charge < -0.3 is 19.7 Å². The molecule has 0 aromatic rings. The van der Waals surface area contributed by atoms with E-state index in [0.717, 1.165) is 0 Å². The van der Waals surface area contributed by atoms with Gasteiger partial charge in [0.1, 0.15) is 11.6 Å². The minimum absolute atomic E-state index is 0.0514. The first-order chi connectivity index (χ1) is 13.0. The van der Waals surface area contributed by atoms with Gasteiger partial charge in [-0.3, -0.25) is 4.79 Å². The molecule has 0 aliphatic rings. The van der Waals surface area contributed by atoms with E-state index in [4.69, 9.17) is 9.47 Å². The van der Waals surface area contributed by atoms with E-state index in [1.54, 1.807) is 52.6 Å². The zero-order valence-electron chi connectivity index (χ0n) is 20.0. The Hall–Kier alpha value is -2.05. The minimum atomic E-state index is -0.792. The standard InChI is InChI=1S/C22H40N2O5/c1-12-28-19(26)15(4)13-16(14(2)3)24(11)18(25)17(21(5,6)7)23-20(27)29-22(8,9)10/h13-14,16-17H,12H2,1-11H3,(H,23,27)/t16?,17-/m1/s1. The third kappa shape index (κ3) is 9.33. The number of nitrogens with zero attached hydrogens (tertiary/aromatic N) is 1. The molecule has 0 spiro atoms. The maximum atomic E-state index is 13.3. The Morgan fingerprint density at radius 2 is 1.59 bits per heavy atom. The second kappa shape index (κ2) is 10.6. The molecule has 7 nitrogen and oxygen atoms in total. The molecule has 0 aromatic carbocycles. The number of carbonyl (C=O) groups is 3. The average molecular weight is 413 g/mol. The number of carbonyl (C=O) groups excluding carboxylic acids is 3. The van der Waals surface area contributed by atoms with Gasteiger partial charge >= 0.3 is 12.1 Å². The molecule has 0 bridgehead atoms. The van der Waals surface area contributed by atoms with Crippen LogP contribution in [0.1, 0.15) is 69.2 Å². The van der Waals surface area contributed by atoms with Gasteiger partial charge in [-0.2, -0.15) is 0 Å². The molecule has 0 aromatic heterocycles. The molecule has 0 fully saturated rings. The molecule has 7 heteroatoms. The van der Waals surface area contributed by atoms with E-state index < -0.39 is 29.1 Å². The summed E-state index contributed by atoms with van der Waals surface area (Å²) in [4.78, 5) is 39.2. The van der Waals surface area contributed by atoms with Crippen LogP contribution in [0.2, 0.25) is 0 Å². The van der Waals surface area contributed by atoms with Crippen molar-refractivity contribution in [2.75, 3.05) is 13.7 Å². The maximum Gasteiger partial charge on any atom is 0.408 e. The van der Waals surface area contributed by atoms with E-state index in [2.05, 4.69) is 5.32 Å². The quantitative estimate of drug-likeness (QED) is 0.506. The molecule has 0 aliphatic carbocycles. The zero-order valence-corrected chi connectivity index (χ0v) is 20.0. The summed E-state index contributed by atoms with van der Waals surface area (Å²) in [5.74, 6) is -0.608. The highest BCUT2D eigenvalue weighted by Crippen LogP contribution is 2.24. The monoisotopic (exact) mass is 412 g/mol. The lowest BCUT2D eigenvalue weighted by atomic mass is 9.85. The van der Waals surface area contributed by atoms with Crippen LogP contribution in [0.25, 0.3) is 0 Å². The van der Waals surface area contributed by atoms with Gasteiger partial charge in [-0.05, 0) is 46.0 Å². The number of nitrogens with one attached hydrogen (secondary N) is 1. The highest BCUT2D eigenvalue weighted by atomic mass is 16.6. The Bertz CT molecular complexity index is 612. The summed E-state index contributed by atoms with van der Waals surface area (Å²) in [5, 5.41) is 2.72. The fourth-order valence-electron chi connectivity index (χ4n) is 2.75. The fourth-order valence-corrected chi connectivity index (χ4v) is 2.75. The summed E-state index contributed by atoms with van der Waals surface area (Å²) < 4.78 is 10.4. The molecule has 1 unspecified atom stereocenters. The normalized spacial score (nSPS) is 14.8. The molecule has 29 heavy (non-hydrogen) atoms. The van der Waals surface area contributed by atoms with Crippen LogP contribution in [0, 0.1) is 11.3 Å². The van der Waals surface area contributed by atoms with Gasteiger partial charge in [-0.25, -0.2) is 9.59 Å². The van der Waals surface area contributed by atoms with Gasteiger partial charge in [0, 0.05) is 12.6 Å². The van der Waals surface area contributed by atoms with Crippen molar-refractivity contribution in [1.29, 1.82) is 0 Å². The van der Waals surface area contributed by atoms with E-state index >= 15 is 0 Å². The summed E-state index contributed by atoms with van der Waals surface area (Å²) >= 11 is 0. The van der Waals surface area contributed by atoms with E-state index in [9.17, 15) is 14.4 Å². The van der Waals surface area contributed by atoms with E-state index in [0.29, 0.717) is 5.57 Å². The summed E-state index contributed by atoms with van der Waals surface area (Å²) in [6.45, 7) is 18.6. The van der Waals surface area contributed by atoms with Crippen molar-refractivity contribution >= 4 is 18.0 Å². The third-order valence-corrected chi connectivity index (χ3v) is 4.27. The SMILES string of the molecule is CCOC(=O)C(C)=CC(C(C)C)N(C)C(=O)[C@@H](NC(=O)OC(C)(C)C)C(C)(C)C. The van der Waals surface area contributed by atoms with Crippen LogP contribution in [-0.4, -0.2) is 54.2 Å². The predicted octanol–water partition coefficient (Wildman–Crippen LogP) is 3.92. The molecular formula is C22H40N2O5. The smallest absolute Gasteiger partial charge is 0.408 e. The summed E-state index contributed by atoms with van der Waals surface area (Å²) in [5.41, 5.74) is -0.761. The molecule has 1 N–H and O–H groups in total. The third-order valence-electron chi connectivity index (χ3n) is 4.27. The first kappa shape index (κ1) is 27.0. The molecule has 0 aliphatic heterocycles. The van der Waals surface area contributed by atoms with E-state index in [1.165, 1.54) is 0 Å². The van der Waals surface area contributed by atoms with Gasteiger partial charge in [-0.15, -0.1) is 0 Å². The van der Waals surface area contributed by atoms with E-state index in [1.807, 2.05) is 34.6 Å². The van der Waals surface area contributed by atoms with Crippen LogP contribution in [-0.2, 0) is 19.1 Å². The van der Waals surface area contributed by atoms with Crippen LogP contribution < -0.4 is 5.32 Å². The van der Waals surface area contributed by atoms with Crippen LogP contribution >= 0.6 is 0 Å². The molecule has 2 amide bonds. The second-order valence-corrected chi connectivity index (χ2v) is 9.70. The number of ether oxygens (including phenoxy) is 2. The number of hydrogen-bond acceptors (Lipinski definition) is 5. The summed E-state index contributed by atoms with van der Waals surface area (Å²) in [6.07, 6.45) is 1.10. The van der Waals surface area contributed by atoms with Gasteiger partial charge in [0.25, 0.3) is 0 Å². The number of likely N-dealkylation sites (N-methyl/N-ethyl adjacent to an activating group) is 1. The highest BCUT2D eigenvalue weighted by Gasteiger charge is 2.38. The van der Waals surface area contributed by atoms with Crippen molar-refractivity contribution in [3.8, 4) is 0 Å². The first-order valence-corrected chi connectivity index (χ1v) is 10.1. The number of esters is 1. The Morgan fingerprint density at radius 3 is 1.97 bits per heavy atom. The Kier molecular flexibility index (Phi) is 9.90. The van der Waals surface area contributed by atoms with Crippen molar-refractivity contribution in [3.05, 3.63) is 11.6 Å². The number of rotatable bonds is 7. The van der Waals surface area contributed by atoms with Gasteiger partial charge in [0.2, 0.25) is 5.91 Å². The van der Waals surface area contributed by atoms with Crippen LogP contribution in [0.4, 0.5) is 4.79 Å². The van der Waals surface area contributed by atoms with Crippen molar-refractivity contribution < 1.29 is 23.9 Å². The second-order valence-electron chi connectivity index (χ2n) is 9.70. The zero-order chi connectivity index (χ0) is 23.2. The summed E-state index contributed by atoms with van der Waals surface area (Å²) in [7, 11) is 1.68. The predicted molar refractivity (Wildman–Crippen MR) is 114 cm³/mol. The van der Waals surface area contributed by atoms with Gasteiger partial charge in [-0.1, -0.05) is 40.7 Å². The Morgan fingerprint density at radius 1 is 1.07 bits per heavy atom. The molecule has 168 valence electrons. The fraction of sp³-hybridized carbons (Fsp3) is 0.773. The molecule has 0 saturated heterocycles. The molecule has 2 atom stereocenters. The molecule has 0 saturated carbocycles. The topological polar surface area (TPSA) is 84.9 Å². The minimum Gasteiger partial charge on any atom is -0.463 e.